The molecule has 0 heterocycles. The van der Waals surface area contributed by atoms with Gasteiger partial charge in [0.05, 0.1) is 6.54 Å². The van der Waals surface area contributed by atoms with Crippen molar-refractivity contribution in [3.8, 4) is 0 Å². The van der Waals surface area contributed by atoms with Gasteiger partial charge in [-0.1, -0.05) is 0 Å². The average molecular weight is 129 g/mol. The lowest BCUT2D eigenvalue weighted by Crippen LogP contribution is -2.28. The second kappa shape index (κ2) is 3.22. The molecular weight excluding hydrogens is 118 g/mol. The van der Waals surface area contributed by atoms with Gasteiger partial charge in [0, 0.05) is 14.0 Å². The molecule has 0 unspecified atom stereocenters. The van der Waals surface area contributed by atoms with Crippen molar-refractivity contribution in [2.45, 2.75) is 13.8 Å². The van der Waals surface area contributed by atoms with Crippen molar-refractivity contribution in [3.05, 3.63) is 0 Å². The molecule has 0 N–H and O–H groups in total. The topological polar surface area (TPSA) is 37.4 Å². The van der Waals surface area contributed by atoms with Crippen molar-refractivity contribution in [2.24, 2.45) is 0 Å². The highest BCUT2D eigenvalue weighted by atomic mass is 16.2. The first kappa shape index (κ1) is 8.14. The predicted octanol–water partition coefficient (Wildman–Crippen LogP) is 0.0537. The summed E-state index contributed by atoms with van der Waals surface area (Å²) in [5, 5.41) is 0. The summed E-state index contributed by atoms with van der Waals surface area (Å²) in [6.07, 6.45) is 0. The number of hydrogen-bond acceptors (Lipinski definition) is 2. The molecule has 0 radical (unpaired) electrons. The van der Waals surface area contributed by atoms with Gasteiger partial charge >= 0.3 is 0 Å². The zero-order valence-electron chi connectivity index (χ0n) is 5.97. The maximum Gasteiger partial charge on any atom is 0.219 e. The molecule has 3 heteroatoms. The van der Waals surface area contributed by atoms with Gasteiger partial charge in [-0.3, -0.25) is 9.59 Å². The Balaban J connectivity index is 3.63. The van der Waals surface area contributed by atoms with E-state index in [4.69, 9.17) is 0 Å². The molecule has 0 aliphatic heterocycles. The number of likely N-dealkylation sites (N-methyl/N-ethyl adjacent to an activating group) is 1. The number of ketones is 1. The van der Waals surface area contributed by atoms with E-state index in [9.17, 15) is 9.59 Å². The van der Waals surface area contributed by atoms with Crippen LogP contribution in [0.2, 0.25) is 0 Å². The van der Waals surface area contributed by atoms with Crippen LogP contribution in [0.1, 0.15) is 13.8 Å². The first-order valence-electron chi connectivity index (χ1n) is 2.75. The molecule has 0 saturated heterocycles. The summed E-state index contributed by atoms with van der Waals surface area (Å²) in [5.74, 6) is -0.0714. The Labute approximate surface area is 54.6 Å². The predicted molar refractivity (Wildman–Crippen MR) is 34.0 cm³/mol. The summed E-state index contributed by atoms with van der Waals surface area (Å²) in [7, 11) is 1.60. The van der Waals surface area contributed by atoms with Crippen molar-refractivity contribution in [2.75, 3.05) is 13.6 Å². The maximum absolute atomic E-state index is 10.5. The van der Waals surface area contributed by atoms with Gasteiger partial charge in [-0.2, -0.15) is 0 Å². The van der Waals surface area contributed by atoms with E-state index in [1.165, 1.54) is 18.7 Å². The lowest BCUT2D eigenvalue weighted by Gasteiger charge is -2.10. The lowest BCUT2D eigenvalue weighted by atomic mass is 10.4. The van der Waals surface area contributed by atoms with Gasteiger partial charge in [-0.05, 0) is 6.92 Å². The number of carbonyl (C=O) groups excluding carboxylic acids is 2. The fraction of sp³-hybridized carbons (Fsp3) is 0.667. The minimum atomic E-state index is -0.0785. The van der Waals surface area contributed by atoms with Gasteiger partial charge in [0.1, 0.15) is 5.78 Å². The van der Waals surface area contributed by atoms with Crippen LogP contribution in [0.25, 0.3) is 0 Å². The molecule has 0 bridgehead atoms. The van der Waals surface area contributed by atoms with Crippen molar-refractivity contribution in [1.82, 2.24) is 4.90 Å². The van der Waals surface area contributed by atoms with Crippen LogP contribution in [0.5, 0.6) is 0 Å². The second-order valence-corrected chi connectivity index (χ2v) is 2.08. The molecule has 0 aromatic rings. The highest BCUT2D eigenvalue weighted by Crippen LogP contribution is 1.82. The smallest absolute Gasteiger partial charge is 0.219 e. The SMILES string of the molecule is CC(=O)CN(C)C(C)=O. The van der Waals surface area contributed by atoms with E-state index < -0.39 is 0 Å². The van der Waals surface area contributed by atoms with Crippen LogP contribution in [0.3, 0.4) is 0 Å². The van der Waals surface area contributed by atoms with Crippen LogP contribution >= 0.6 is 0 Å². The molecule has 0 aliphatic rings. The highest BCUT2D eigenvalue weighted by Gasteiger charge is 2.02. The number of carbonyl (C=O) groups is 2. The average Bonchev–Trinajstić information content (AvgIpc) is 1.63. The number of nitrogens with zero attached hydrogens (tertiary/aromatic N) is 1. The van der Waals surface area contributed by atoms with E-state index in [-0.39, 0.29) is 18.2 Å². The standard InChI is InChI=1S/C6H11NO2/c1-5(8)4-7(3)6(2)9/h4H2,1-3H3. The van der Waals surface area contributed by atoms with Crippen molar-refractivity contribution >= 4 is 11.7 Å². The Bertz CT molecular complexity index is 131. The van der Waals surface area contributed by atoms with E-state index in [1.54, 1.807) is 7.05 Å². The van der Waals surface area contributed by atoms with E-state index in [0.717, 1.165) is 0 Å². The Hall–Kier alpha value is -0.860. The van der Waals surface area contributed by atoms with Crippen LogP contribution in [-0.2, 0) is 9.59 Å². The summed E-state index contributed by atoms with van der Waals surface area (Å²) in [6.45, 7) is 3.11. The fourth-order valence-corrected chi connectivity index (χ4v) is 0.445. The summed E-state index contributed by atoms with van der Waals surface area (Å²) in [4.78, 5) is 22.2. The summed E-state index contributed by atoms with van der Waals surface area (Å²) in [5.41, 5.74) is 0. The minimum Gasteiger partial charge on any atom is -0.339 e. The normalized spacial score (nSPS) is 8.78. The van der Waals surface area contributed by atoms with Crippen LogP contribution in [0, 0.1) is 0 Å². The largest absolute Gasteiger partial charge is 0.339 e. The molecule has 0 atom stereocenters. The molecule has 0 aromatic heterocycles. The molecule has 0 rings (SSSR count). The van der Waals surface area contributed by atoms with Gasteiger partial charge < -0.3 is 4.90 Å². The Morgan fingerprint density at radius 3 is 1.89 bits per heavy atom. The molecule has 3 nitrogen and oxygen atoms in total. The monoisotopic (exact) mass is 129 g/mol. The molecule has 0 aliphatic carbocycles. The number of hydrogen-bond donors (Lipinski definition) is 0. The van der Waals surface area contributed by atoms with Gasteiger partial charge in [0.25, 0.3) is 0 Å². The third-order valence-electron chi connectivity index (χ3n) is 0.997. The summed E-state index contributed by atoms with van der Waals surface area (Å²) < 4.78 is 0. The van der Waals surface area contributed by atoms with Crippen LogP contribution in [-0.4, -0.2) is 30.2 Å². The third-order valence-corrected chi connectivity index (χ3v) is 0.997. The minimum absolute atomic E-state index is 0.00713. The lowest BCUT2D eigenvalue weighted by molar-refractivity contribution is -0.131. The zero-order valence-corrected chi connectivity index (χ0v) is 5.97. The van der Waals surface area contributed by atoms with Crippen molar-refractivity contribution in [3.63, 3.8) is 0 Å². The zero-order chi connectivity index (χ0) is 7.44. The molecule has 0 spiro atoms. The molecule has 9 heavy (non-hydrogen) atoms. The molecule has 1 amide bonds. The van der Waals surface area contributed by atoms with Crippen molar-refractivity contribution in [1.29, 1.82) is 0 Å². The van der Waals surface area contributed by atoms with E-state index in [2.05, 4.69) is 0 Å². The Kier molecular flexibility index (Phi) is 2.91. The first-order valence-corrected chi connectivity index (χ1v) is 2.75. The second-order valence-electron chi connectivity index (χ2n) is 2.08. The summed E-state index contributed by atoms with van der Waals surface area (Å²) in [6, 6.07) is 0. The Morgan fingerprint density at radius 1 is 1.33 bits per heavy atom. The van der Waals surface area contributed by atoms with Gasteiger partial charge in [-0.25, -0.2) is 0 Å². The number of Topliss-reactive ketones (excluding diaryl/α,β-unsaturated/α-hetero) is 1. The van der Waals surface area contributed by atoms with E-state index >= 15 is 0 Å². The molecular formula is C6H11NO2. The maximum atomic E-state index is 10.5. The van der Waals surface area contributed by atoms with Crippen LogP contribution in [0.15, 0.2) is 0 Å². The molecule has 0 fully saturated rings. The van der Waals surface area contributed by atoms with Gasteiger partial charge in [0.2, 0.25) is 5.91 Å². The molecule has 0 saturated carbocycles. The van der Waals surface area contributed by atoms with Gasteiger partial charge in [-0.15, -0.1) is 0 Å². The number of rotatable bonds is 2. The van der Waals surface area contributed by atoms with Crippen LogP contribution in [0.4, 0.5) is 0 Å². The fourth-order valence-electron chi connectivity index (χ4n) is 0.445. The third kappa shape index (κ3) is 3.70. The molecule has 52 valence electrons. The number of amides is 1. The highest BCUT2D eigenvalue weighted by molar-refractivity contribution is 5.83. The molecule has 0 aromatic carbocycles. The van der Waals surface area contributed by atoms with E-state index in [1.807, 2.05) is 0 Å². The van der Waals surface area contributed by atoms with E-state index in [0.29, 0.717) is 0 Å². The Morgan fingerprint density at radius 2 is 1.78 bits per heavy atom. The summed E-state index contributed by atoms with van der Waals surface area (Å²) >= 11 is 0. The van der Waals surface area contributed by atoms with Crippen LogP contribution < -0.4 is 0 Å². The van der Waals surface area contributed by atoms with Crippen molar-refractivity contribution < 1.29 is 9.59 Å². The first-order chi connectivity index (χ1) is 4.04. The van der Waals surface area contributed by atoms with Gasteiger partial charge in [0.15, 0.2) is 0 Å². The quantitative estimate of drug-likeness (QED) is 0.528.